The Balaban J connectivity index is 1.87. The lowest BCUT2D eigenvalue weighted by Crippen LogP contribution is -2.01. The number of hydrogen-bond donors (Lipinski definition) is 0. The highest BCUT2D eigenvalue weighted by molar-refractivity contribution is 6.53. The molecule has 0 saturated carbocycles. The summed E-state index contributed by atoms with van der Waals surface area (Å²) in [4.78, 5) is 22.1. The number of alkyl halides is 2. The lowest BCUT2D eigenvalue weighted by Gasteiger charge is -2.05. The Hall–Kier alpha value is -2.38. The van der Waals surface area contributed by atoms with E-state index in [0.29, 0.717) is 5.69 Å². The third-order valence-electron chi connectivity index (χ3n) is 3.60. The minimum absolute atomic E-state index is 0.0222. The fourth-order valence-electron chi connectivity index (χ4n) is 2.43. The molecule has 0 spiro atoms. The molecule has 2 aromatic rings. The maximum Gasteiger partial charge on any atom is 0.269 e. The normalized spacial score (nSPS) is 18.5. The van der Waals surface area contributed by atoms with Crippen molar-refractivity contribution < 1.29 is 9.85 Å². The minimum Gasteiger partial charge on any atom is -0.326 e. The molecule has 0 aliphatic carbocycles. The molecule has 23 heavy (non-hydrogen) atoms. The van der Waals surface area contributed by atoms with Gasteiger partial charge in [-0.05, 0) is 29.8 Å². The summed E-state index contributed by atoms with van der Waals surface area (Å²) in [5.41, 5.74) is 1.30. The molecule has 1 aliphatic rings. The number of anilines is 1. The van der Waals surface area contributed by atoms with Crippen LogP contribution in [-0.4, -0.2) is 14.3 Å². The highest BCUT2D eigenvalue weighted by atomic mass is 35.5. The first-order valence-electron chi connectivity index (χ1n) is 6.48. The Morgan fingerprint density at radius 1 is 0.870 bits per heavy atom. The summed E-state index contributed by atoms with van der Waals surface area (Å²) in [6.07, 6.45) is 0. The van der Waals surface area contributed by atoms with Crippen molar-refractivity contribution in [1.82, 2.24) is 0 Å². The monoisotopic (exact) mass is 353 g/mol. The van der Waals surface area contributed by atoms with E-state index in [1.165, 1.54) is 24.3 Å². The molecular weight excluding hydrogens is 345 g/mol. The molecule has 1 fully saturated rings. The maximum atomic E-state index is 10.7. The van der Waals surface area contributed by atoms with Gasteiger partial charge in [-0.3, -0.25) is 20.2 Å². The SMILES string of the molecule is O=[N+]([O-])c1ccc(C2N(c3ccc([N+](=O)[O-])cc3)C2(Cl)Cl)cc1. The van der Waals surface area contributed by atoms with Crippen molar-refractivity contribution in [2.75, 3.05) is 4.90 Å². The molecule has 0 bridgehead atoms. The van der Waals surface area contributed by atoms with Crippen molar-refractivity contribution in [3.05, 3.63) is 74.3 Å². The van der Waals surface area contributed by atoms with Crippen LogP contribution in [0.3, 0.4) is 0 Å². The predicted octanol–water partition coefficient (Wildman–Crippen LogP) is 4.20. The third kappa shape index (κ3) is 2.69. The van der Waals surface area contributed by atoms with E-state index in [0.717, 1.165) is 5.56 Å². The maximum absolute atomic E-state index is 10.7. The van der Waals surface area contributed by atoms with Gasteiger partial charge >= 0.3 is 0 Å². The van der Waals surface area contributed by atoms with Gasteiger partial charge in [0.25, 0.3) is 11.4 Å². The van der Waals surface area contributed by atoms with Crippen LogP contribution in [0.5, 0.6) is 0 Å². The Bertz CT molecular complexity index is 712. The molecule has 1 aliphatic heterocycles. The summed E-state index contributed by atoms with van der Waals surface area (Å²) in [6.45, 7) is 0. The molecule has 0 aromatic heterocycles. The molecular formula is C14H9Cl2N3O4. The van der Waals surface area contributed by atoms with E-state index in [9.17, 15) is 20.2 Å². The smallest absolute Gasteiger partial charge is 0.269 e. The lowest BCUT2D eigenvalue weighted by atomic mass is 10.1. The fourth-order valence-corrected chi connectivity index (χ4v) is 3.17. The van der Waals surface area contributed by atoms with Crippen molar-refractivity contribution in [2.45, 2.75) is 10.5 Å². The lowest BCUT2D eigenvalue weighted by molar-refractivity contribution is -0.385. The molecule has 1 atom stereocenters. The number of nitro benzene ring substituents is 2. The Morgan fingerprint density at radius 2 is 1.30 bits per heavy atom. The molecule has 1 heterocycles. The van der Waals surface area contributed by atoms with E-state index in [1.807, 2.05) is 0 Å². The zero-order valence-corrected chi connectivity index (χ0v) is 12.9. The quantitative estimate of drug-likeness (QED) is 0.270. The van der Waals surface area contributed by atoms with Crippen LogP contribution in [0.25, 0.3) is 0 Å². The van der Waals surface area contributed by atoms with Gasteiger partial charge in [-0.2, -0.15) is 0 Å². The van der Waals surface area contributed by atoms with Gasteiger partial charge in [0.2, 0.25) is 4.46 Å². The summed E-state index contributed by atoms with van der Waals surface area (Å²) in [7, 11) is 0. The fraction of sp³-hybridized carbons (Fsp3) is 0.143. The number of hydrogen-bond acceptors (Lipinski definition) is 5. The van der Waals surface area contributed by atoms with Crippen LogP contribution in [0.4, 0.5) is 17.1 Å². The molecule has 1 unspecified atom stereocenters. The molecule has 9 heteroatoms. The molecule has 0 radical (unpaired) electrons. The number of non-ortho nitro benzene ring substituents is 2. The molecule has 1 saturated heterocycles. The second-order valence-electron chi connectivity index (χ2n) is 4.98. The highest BCUT2D eigenvalue weighted by Gasteiger charge is 2.62. The first-order chi connectivity index (χ1) is 10.8. The summed E-state index contributed by atoms with van der Waals surface area (Å²) in [6, 6.07) is 11.4. The average molecular weight is 354 g/mol. The van der Waals surface area contributed by atoms with Crippen LogP contribution >= 0.6 is 23.2 Å². The summed E-state index contributed by atoms with van der Waals surface area (Å²) >= 11 is 12.5. The largest absolute Gasteiger partial charge is 0.326 e. The number of benzene rings is 2. The van der Waals surface area contributed by atoms with E-state index >= 15 is 0 Å². The van der Waals surface area contributed by atoms with Crippen LogP contribution in [0.2, 0.25) is 0 Å². The van der Waals surface area contributed by atoms with E-state index in [1.54, 1.807) is 29.2 Å². The van der Waals surface area contributed by atoms with Gasteiger partial charge in [-0.1, -0.05) is 23.2 Å². The Kier molecular flexibility index (Phi) is 3.62. The van der Waals surface area contributed by atoms with Crippen molar-refractivity contribution >= 4 is 40.3 Å². The first-order valence-corrected chi connectivity index (χ1v) is 7.24. The van der Waals surface area contributed by atoms with Crippen LogP contribution in [0.15, 0.2) is 48.5 Å². The van der Waals surface area contributed by atoms with Gasteiger partial charge in [0.1, 0.15) is 6.04 Å². The second kappa shape index (κ2) is 5.36. The number of halogens is 2. The van der Waals surface area contributed by atoms with E-state index in [4.69, 9.17) is 23.2 Å². The Morgan fingerprint density at radius 3 is 1.74 bits per heavy atom. The van der Waals surface area contributed by atoms with Gasteiger partial charge in [-0.15, -0.1) is 0 Å². The topological polar surface area (TPSA) is 89.3 Å². The third-order valence-corrected chi connectivity index (χ3v) is 4.38. The molecule has 3 rings (SSSR count). The van der Waals surface area contributed by atoms with Crippen LogP contribution in [0, 0.1) is 20.2 Å². The van der Waals surface area contributed by atoms with Gasteiger partial charge < -0.3 is 4.90 Å². The first kappa shape index (κ1) is 15.5. The molecule has 0 amide bonds. The minimum atomic E-state index is -1.20. The van der Waals surface area contributed by atoms with Gasteiger partial charge in [0.05, 0.1) is 9.85 Å². The predicted molar refractivity (Wildman–Crippen MR) is 85.8 cm³/mol. The van der Waals surface area contributed by atoms with Crippen molar-refractivity contribution in [3.8, 4) is 0 Å². The molecule has 0 N–H and O–H groups in total. The highest BCUT2D eigenvalue weighted by Crippen LogP contribution is 2.61. The number of nitro groups is 2. The summed E-state index contributed by atoms with van der Waals surface area (Å²) in [5.74, 6) is 0. The number of nitrogens with zero attached hydrogens (tertiary/aromatic N) is 3. The second-order valence-corrected chi connectivity index (χ2v) is 6.33. The van der Waals surface area contributed by atoms with Crippen molar-refractivity contribution in [3.63, 3.8) is 0 Å². The Labute approximate surface area is 140 Å². The zero-order valence-electron chi connectivity index (χ0n) is 11.4. The van der Waals surface area contributed by atoms with E-state index in [2.05, 4.69) is 0 Å². The van der Waals surface area contributed by atoms with Gasteiger partial charge in [-0.25, -0.2) is 0 Å². The van der Waals surface area contributed by atoms with Crippen LogP contribution in [-0.2, 0) is 0 Å². The van der Waals surface area contributed by atoms with Crippen LogP contribution in [0.1, 0.15) is 11.6 Å². The molecule has 2 aromatic carbocycles. The van der Waals surface area contributed by atoms with Crippen molar-refractivity contribution in [2.24, 2.45) is 0 Å². The molecule has 118 valence electrons. The molecule has 7 nitrogen and oxygen atoms in total. The van der Waals surface area contributed by atoms with Crippen LogP contribution < -0.4 is 4.90 Å². The number of rotatable bonds is 4. The average Bonchev–Trinajstić information content (AvgIpc) is 3.09. The van der Waals surface area contributed by atoms with E-state index in [-0.39, 0.29) is 17.4 Å². The standard InChI is InChI=1S/C14H9Cl2N3O4/c15-14(16)13(9-1-3-11(4-2-9)18(20)21)17(14)10-5-7-12(8-6-10)19(22)23/h1-8,13H. The van der Waals surface area contributed by atoms with Gasteiger partial charge in [0, 0.05) is 30.0 Å². The van der Waals surface area contributed by atoms with Crippen molar-refractivity contribution in [1.29, 1.82) is 0 Å². The van der Waals surface area contributed by atoms with E-state index < -0.39 is 14.3 Å². The summed E-state index contributed by atoms with van der Waals surface area (Å²) in [5, 5.41) is 21.4. The zero-order chi connectivity index (χ0) is 16.8. The van der Waals surface area contributed by atoms with Gasteiger partial charge in [0.15, 0.2) is 0 Å². The summed E-state index contributed by atoms with van der Waals surface area (Å²) < 4.78 is -1.20.